The molecule has 152 valence electrons. The van der Waals surface area contributed by atoms with Crippen molar-refractivity contribution in [2.75, 3.05) is 46.3 Å². The lowest BCUT2D eigenvalue weighted by molar-refractivity contribution is 0.0145. The van der Waals surface area contributed by atoms with Crippen molar-refractivity contribution in [1.82, 2.24) is 20.4 Å². The standard InChI is InChI=1S/C19H39N5O2/c1-15(2)16(3)22-17(20-7)21-9-8-10-23-11-13-24(14-12-23)18(25)26-19(4,5)6/h15-16H,8-14H2,1-7H3,(H2,20,21,22). The monoisotopic (exact) mass is 369 g/mol. The van der Waals surface area contributed by atoms with Gasteiger partial charge < -0.3 is 20.3 Å². The molecule has 1 fully saturated rings. The van der Waals surface area contributed by atoms with E-state index in [2.05, 4.69) is 41.3 Å². The third-order valence-electron chi connectivity index (χ3n) is 4.56. The smallest absolute Gasteiger partial charge is 0.410 e. The van der Waals surface area contributed by atoms with Crippen molar-refractivity contribution >= 4 is 12.1 Å². The zero-order chi connectivity index (χ0) is 19.7. The van der Waals surface area contributed by atoms with Crippen LogP contribution in [0.15, 0.2) is 4.99 Å². The number of carbonyl (C=O) groups excluding carboxylic acids is 1. The zero-order valence-electron chi connectivity index (χ0n) is 17.8. The molecule has 1 saturated heterocycles. The second-order valence-electron chi connectivity index (χ2n) is 8.34. The second-order valence-corrected chi connectivity index (χ2v) is 8.34. The summed E-state index contributed by atoms with van der Waals surface area (Å²) in [6.07, 6.45) is 0.844. The molecule has 1 aliphatic heterocycles. The molecule has 0 spiro atoms. The lowest BCUT2D eigenvalue weighted by Gasteiger charge is -2.35. The maximum Gasteiger partial charge on any atom is 0.410 e. The summed E-state index contributed by atoms with van der Waals surface area (Å²) < 4.78 is 5.44. The molecule has 0 saturated carbocycles. The predicted molar refractivity (Wildman–Crippen MR) is 108 cm³/mol. The van der Waals surface area contributed by atoms with E-state index < -0.39 is 5.60 Å². The van der Waals surface area contributed by atoms with Crippen LogP contribution in [0.1, 0.15) is 48.0 Å². The van der Waals surface area contributed by atoms with Crippen LogP contribution in [0.3, 0.4) is 0 Å². The molecule has 0 aliphatic carbocycles. The van der Waals surface area contributed by atoms with Gasteiger partial charge in [0.05, 0.1) is 0 Å². The molecule has 0 bridgehead atoms. The molecular formula is C19H39N5O2. The normalized spacial score (nSPS) is 18.0. The van der Waals surface area contributed by atoms with E-state index in [9.17, 15) is 4.79 Å². The third-order valence-corrected chi connectivity index (χ3v) is 4.56. The Hall–Kier alpha value is -1.50. The summed E-state index contributed by atoms with van der Waals surface area (Å²) in [5.41, 5.74) is -0.431. The van der Waals surface area contributed by atoms with Crippen LogP contribution < -0.4 is 10.6 Å². The summed E-state index contributed by atoms with van der Waals surface area (Å²) in [6, 6.07) is 0.391. The average molecular weight is 370 g/mol. The Morgan fingerprint density at radius 3 is 2.27 bits per heavy atom. The number of aliphatic imine (C=N–C) groups is 1. The minimum absolute atomic E-state index is 0.201. The van der Waals surface area contributed by atoms with Crippen LogP contribution >= 0.6 is 0 Å². The number of hydrogen-bond donors (Lipinski definition) is 2. The SMILES string of the molecule is CN=C(NCCCN1CCN(C(=O)OC(C)(C)C)CC1)NC(C)C(C)C. The van der Waals surface area contributed by atoms with Crippen molar-refractivity contribution in [3.63, 3.8) is 0 Å². The molecule has 26 heavy (non-hydrogen) atoms. The highest BCUT2D eigenvalue weighted by Crippen LogP contribution is 2.11. The van der Waals surface area contributed by atoms with E-state index in [4.69, 9.17) is 4.74 Å². The number of piperazine rings is 1. The van der Waals surface area contributed by atoms with Crippen LogP contribution in [0.4, 0.5) is 4.79 Å². The van der Waals surface area contributed by atoms with Gasteiger partial charge in [-0.3, -0.25) is 9.89 Å². The summed E-state index contributed by atoms with van der Waals surface area (Å²) in [7, 11) is 1.80. The first-order valence-electron chi connectivity index (χ1n) is 9.80. The molecule has 1 rings (SSSR count). The Labute approximate surface area is 159 Å². The van der Waals surface area contributed by atoms with Gasteiger partial charge >= 0.3 is 6.09 Å². The lowest BCUT2D eigenvalue weighted by atomic mass is 10.1. The number of guanidine groups is 1. The van der Waals surface area contributed by atoms with Crippen LogP contribution in [0, 0.1) is 5.92 Å². The number of nitrogens with one attached hydrogen (secondary N) is 2. The first kappa shape index (κ1) is 22.5. The van der Waals surface area contributed by atoms with Gasteiger partial charge in [0.1, 0.15) is 5.60 Å². The van der Waals surface area contributed by atoms with Gasteiger partial charge in [-0.05, 0) is 46.6 Å². The number of nitrogens with zero attached hydrogens (tertiary/aromatic N) is 3. The van der Waals surface area contributed by atoms with Gasteiger partial charge in [-0.1, -0.05) is 13.8 Å². The Morgan fingerprint density at radius 1 is 1.15 bits per heavy atom. The molecular weight excluding hydrogens is 330 g/mol. The topological polar surface area (TPSA) is 69.2 Å². The fourth-order valence-electron chi connectivity index (χ4n) is 2.57. The highest BCUT2D eigenvalue weighted by atomic mass is 16.6. The first-order chi connectivity index (χ1) is 12.1. The highest BCUT2D eigenvalue weighted by molar-refractivity contribution is 5.79. The molecule has 7 heteroatoms. The van der Waals surface area contributed by atoms with Crippen LogP contribution in [0.5, 0.6) is 0 Å². The van der Waals surface area contributed by atoms with Crippen molar-refractivity contribution in [2.24, 2.45) is 10.9 Å². The fourth-order valence-corrected chi connectivity index (χ4v) is 2.57. The van der Waals surface area contributed by atoms with Gasteiger partial charge in [0, 0.05) is 45.8 Å². The van der Waals surface area contributed by atoms with Gasteiger partial charge in [-0.2, -0.15) is 0 Å². The lowest BCUT2D eigenvalue weighted by Crippen LogP contribution is -2.50. The maximum absolute atomic E-state index is 12.1. The van der Waals surface area contributed by atoms with E-state index in [0.717, 1.165) is 51.6 Å². The Morgan fingerprint density at radius 2 is 1.77 bits per heavy atom. The molecule has 1 unspecified atom stereocenters. The molecule has 7 nitrogen and oxygen atoms in total. The van der Waals surface area contributed by atoms with E-state index in [1.54, 1.807) is 11.9 Å². The fraction of sp³-hybridized carbons (Fsp3) is 0.895. The van der Waals surface area contributed by atoms with E-state index >= 15 is 0 Å². The van der Waals surface area contributed by atoms with Gasteiger partial charge in [0.25, 0.3) is 0 Å². The van der Waals surface area contributed by atoms with E-state index in [0.29, 0.717) is 12.0 Å². The number of ether oxygens (including phenoxy) is 1. The first-order valence-corrected chi connectivity index (χ1v) is 9.80. The van der Waals surface area contributed by atoms with Gasteiger partial charge in [-0.25, -0.2) is 4.79 Å². The van der Waals surface area contributed by atoms with Crippen molar-refractivity contribution < 1.29 is 9.53 Å². The third kappa shape index (κ3) is 8.74. The number of amides is 1. The van der Waals surface area contributed by atoms with Gasteiger partial charge in [0.15, 0.2) is 5.96 Å². The predicted octanol–water partition coefficient (Wildman–Crippen LogP) is 2.14. The zero-order valence-corrected chi connectivity index (χ0v) is 17.8. The average Bonchev–Trinajstić information content (AvgIpc) is 2.56. The summed E-state index contributed by atoms with van der Waals surface area (Å²) in [5.74, 6) is 1.43. The molecule has 1 aliphatic rings. The molecule has 1 heterocycles. The Kier molecular flexibility index (Phi) is 9.19. The molecule has 0 radical (unpaired) electrons. The largest absolute Gasteiger partial charge is 0.444 e. The van der Waals surface area contributed by atoms with Gasteiger partial charge in [-0.15, -0.1) is 0 Å². The Balaban J connectivity index is 2.21. The van der Waals surface area contributed by atoms with Crippen LogP contribution in [0.25, 0.3) is 0 Å². The van der Waals surface area contributed by atoms with E-state index in [1.807, 2.05) is 20.8 Å². The van der Waals surface area contributed by atoms with E-state index in [-0.39, 0.29) is 6.09 Å². The Bertz CT molecular complexity index is 451. The van der Waals surface area contributed by atoms with Crippen molar-refractivity contribution in [2.45, 2.75) is 59.6 Å². The maximum atomic E-state index is 12.1. The summed E-state index contributed by atoms with van der Waals surface area (Å²) in [5, 5.41) is 6.78. The summed E-state index contributed by atoms with van der Waals surface area (Å²) in [6.45, 7) is 17.4. The van der Waals surface area contributed by atoms with Crippen LogP contribution in [-0.4, -0.2) is 79.8 Å². The van der Waals surface area contributed by atoms with Crippen molar-refractivity contribution in [1.29, 1.82) is 0 Å². The molecule has 1 amide bonds. The van der Waals surface area contributed by atoms with Crippen molar-refractivity contribution in [3.05, 3.63) is 0 Å². The molecule has 0 aromatic heterocycles. The molecule has 0 aromatic carbocycles. The molecule has 1 atom stereocenters. The minimum Gasteiger partial charge on any atom is -0.444 e. The molecule has 2 N–H and O–H groups in total. The van der Waals surface area contributed by atoms with Crippen LogP contribution in [-0.2, 0) is 4.74 Å². The highest BCUT2D eigenvalue weighted by Gasteiger charge is 2.25. The number of rotatable bonds is 6. The summed E-state index contributed by atoms with van der Waals surface area (Å²) >= 11 is 0. The van der Waals surface area contributed by atoms with Gasteiger partial charge in [0.2, 0.25) is 0 Å². The van der Waals surface area contributed by atoms with Crippen molar-refractivity contribution in [3.8, 4) is 0 Å². The second kappa shape index (κ2) is 10.6. The number of carbonyl (C=O) groups is 1. The van der Waals surface area contributed by atoms with E-state index in [1.165, 1.54) is 0 Å². The molecule has 0 aromatic rings. The quantitative estimate of drug-likeness (QED) is 0.426. The van der Waals surface area contributed by atoms with Crippen LogP contribution in [0.2, 0.25) is 0 Å². The minimum atomic E-state index is -0.431. The summed E-state index contributed by atoms with van der Waals surface area (Å²) in [4.78, 5) is 20.6. The number of hydrogen-bond acceptors (Lipinski definition) is 4.